The highest BCUT2D eigenvalue weighted by Gasteiger charge is 2.15. The van der Waals surface area contributed by atoms with E-state index in [1.54, 1.807) is 12.5 Å². The van der Waals surface area contributed by atoms with Gasteiger partial charge in [0.25, 0.3) is 0 Å². The molecule has 1 aliphatic heterocycles. The van der Waals surface area contributed by atoms with Gasteiger partial charge in [0.2, 0.25) is 0 Å². The molecule has 0 amide bonds. The van der Waals surface area contributed by atoms with Crippen molar-refractivity contribution in [1.82, 2.24) is 24.7 Å². The maximum Gasteiger partial charge on any atom is 0.166 e. The molecule has 4 heterocycles. The van der Waals surface area contributed by atoms with Crippen LogP contribution in [0.1, 0.15) is 6.42 Å². The minimum atomic E-state index is 0.431. The lowest BCUT2D eigenvalue weighted by Crippen LogP contribution is -2.22. The molecule has 1 unspecified atom stereocenters. The van der Waals surface area contributed by atoms with Crippen molar-refractivity contribution in [3.05, 3.63) is 24.7 Å². The number of nitrogens with two attached hydrogens (primary N) is 1. The van der Waals surface area contributed by atoms with Gasteiger partial charge < -0.3 is 16.4 Å². The van der Waals surface area contributed by atoms with Crippen LogP contribution in [0.2, 0.25) is 0 Å². The maximum absolute atomic E-state index is 5.91. The van der Waals surface area contributed by atoms with Gasteiger partial charge in [0.05, 0.1) is 6.20 Å². The molecule has 3 aromatic rings. The number of hydrogen-bond donors (Lipinski definition) is 3. The predicted octanol–water partition coefficient (Wildman–Crippen LogP) is 0.633. The molecule has 1 saturated heterocycles. The van der Waals surface area contributed by atoms with Gasteiger partial charge in [-0.05, 0) is 25.1 Å². The third-order valence-electron chi connectivity index (χ3n) is 3.64. The summed E-state index contributed by atoms with van der Waals surface area (Å²) in [6.45, 7) is 2.02. The molecule has 1 atom stereocenters. The zero-order valence-corrected chi connectivity index (χ0v) is 10.9. The normalized spacial score (nSPS) is 18.9. The van der Waals surface area contributed by atoms with Crippen LogP contribution in [-0.4, -0.2) is 38.5 Å². The molecule has 7 heteroatoms. The Labute approximate surface area is 115 Å². The van der Waals surface area contributed by atoms with E-state index >= 15 is 0 Å². The summed E-state index contributed by atoms with van der Waals surface area (Å²) in [4.78, 5) is 13.1. The smallest absolute Gasteiger partial charge is 0.166 e. The molecule has 0 radical (unpaired) electrons. The fourth-order valence-electron chi connectivity index (χ4n) is 2.61. The quantitative estimate of drug-likeness (QED) is 0.632. The lowest BCUT2D eigenvalue weighted by atomic mass is 10.2. The Morgan fingerprint density at radius 1 is 1.35 bits per heavy atom. The minimum Gasteiger partial charge on any atom is -0.382 e. The fourth-order valence-corrected chi connectivity index (χ4v) is 2.61. The number of aromatic nitrogens is 4. The van der Waals surface area contributed by atoms with Gasteiger partial charge in [0.15, 0.2) is 5.65 Å². The molecular formula is C13H15N7. The summed E-state index contributed by atoms with van der Waals surface area (Å²) >= 11 is 0. The SMILES string of the molecule is Nc1nc2ccc(NC3CCNC3)nc2n2cncc12. The molecular weight excluding hydrogens is 254 g/mol. The van der Waals surface area contributed by atoms with E-state index in [-0.39, 0.29) is 0 Å². The van der Waals surface area contributed by atoms with E-state index in [2.05, 4.69) is 25.6 Å². The van der Waals surface area contributed by atoms with Crippen LogP contribution in [0, 0.1) is 0 Å². The van der Waals surface area contributed by atoms with Crippen molar-refractivity contribution in [2.75, 3.05) is 24.1 Å². The topological polar surface area (TPSA) is 93.2 Å². The zero-order chi connectivity index (χ0) is 13.5. The molecule has 0 aliphatic carbocycles. The van der Waals surface area contributed by atoms with E-state index < -0.39 is 0 Å². The van der Waals surface area contributed by atoms with Crippen LogP contribution < -0.4 is 16.4 Å². The fraction of sp³-hybridized carbons (Fsp3) is 0.308. The Kier molecular flexibility index (Phi) is 2.46. The summed E-state index contributed by atoms with van der Waals surface area (Å²) in [5.74, 6) is 1.32. The van der Waals surface area contributed by atoms with Crippen molar-refractivity contribution in [2.24, 2.45) is 0 Å². The van der Waals surface area contributed by atoms with Crippen LogP contribution >= 0.6 is 0 Å². The average molecular weight is 269 g/mol. The predicted molar refractivity (Wildman–Crippen MR) is 77.6 cm³/mol. The first kappa shape index (κ1) is 11.4. The number of nitrogens with one attached hydrogen (secondary N) is 2. The van der Waals surface area contributed by atoms with Gasteiger partial charge in [-0.1, -0.05) is 0 Å². The first-order valence-corrected chi connectivity index (χ1v) is 6.67. The summed E-state index contributed by atoms with van der Waals surface area (Å²) in [6, 6.07) is 4.30. The van der Waals surface area contributed by atoms with E-state index in [1.165, 1.54) is 0 Å². The van der Waals surface area contributed by atoms with Gasteiger partial charge in [-0.15, -0.1) is 0 Å². The van der Waals surface area contributed by atoms with E-state index in [1.807, 2.05) is 16.5 Å². The minimum absolute atomic E-state index is 0.431. The van der Waals surface area contributed by atoms with Crippen molar-refractivity contribution in [1.29, 1.82) is 0 Å². The number of nitrogens with zero attached hydrogens (tertiary/aromatic N) is 4. The third-order valence-corrected chi connectivity index (χ3v) is 3.64. The highest BCUT2D eigenvalue weighted by molar-refractivity contribution is 5.81. The Hall–Kier alpha value is -2.41. The molecule has 20 heavy (non-hydrogen) atoms. The molecule has 3 aromatic heterocycles. The second kappa shape index (κ2) is 4.31. The summed E-state index contributed by atoms with van der Waals surface area (Å²) < 4.78 is 1.87. The van der Waals surface area contributed by atoms with E-state index in [9.17, 15) is 0 Å². The van der Waals surface area contributed by atoms with Gasteiger partial charge >= 0.3 is 0 Å². The zero-order valence-electron chi connectivity index (χ0n) is 10.9. The molecule has 0 aromatic carbocycles. The number of rotatable bonds is 2. The molecule has 0 saturated carbocycles. The highest BCUT2D eigenvalue weighted by Crippen LogP contribution is 2.20. The summed E-state index contributed by atoms with van der Waals surface area (Å²) in [5.41, 5.74) is 8.23. The van der Waals surface area contributed by atoms with Crippen LogP contribution in [0.5, 0.6) is 0 Å². The Bertz CT molecular complexity index is 773. The summed E-state index contributed by atoms with van der Waals surface area (Å²) in [5, 5.41) is 6.77. The van der Waals surface area contributed by atoms with Crippen LogP contribution in [0.25, 0.3) is 16.7 Å². The number of anilines is 2. The van der Waals surface area contributed by atoms with Crippen molar-refractivity contribution < 1.29 is 0 Å². The van der Waals surface area contributed by atoms with Crippen LogP contribution in [0.3, 0.4) is 0 Å². The number of hydrogen-bond acceptors (Lipinski definition) is 6. The lowest BCUT2D eigenvalue weighted by molar-refractivity contribution is 0.788. The highest BCUT2D eigenvalue weighted by atomic mass is 15.1. The standard InChI is InChI=1S/C13H15N7/c14-12-10-6-16-7-20(10)13-9(18-12)1-2-11(19-13)17-8-3-4-15-5-8/h1-2,6-8,15H,3-5H2,(H2,14,18)(H,17,19). The second-order valence-corrected chi connectivity index (χ2v) is 5.02. The Morgan fingerprint density at radius 3 is 3.15 bits per heavy atom. The first-order chi connectivity index (χ1) is 9.81. The first-order valence-electron chi connectivity index (χ1n) is 6.67. The molecule has 0 spiro atoms. The number of nitrogen functional groups attached to an aromatic ring is 1. The monoisotopic (exact) mass is 269 g/mol. The second-order valence-electron chi connectivity index (χ2n) is 5.02. The van der Waals surface area contributed by atoms with Crippen molar-refractivity contribution in [3.8, 4) is 0 Å². The number of pyridine rings is 1. The maximum atomic E-state index is 5.91. The van der Waals surface area contributed by atoms with E-state index in [4.69, 9.17) is 5.73 Å². The van der Waals surface area contributed by atoms with Crippen LogP contribution in [-0.2, 0) is 0 Å². The lowest BCUT2D eigenvalue weighted by Gasteiger charge is -2.12. The number of fused-ring (bicyclic) bond motifs is 3. The summed E-state index contributed by atoms with van der Waals surface area (Å²) in [7, 11) is 0. The molecule has 4 N–H and O–H groups in total. The van der Waals surface area contributed by atoms with E-state index in [0.717, 1.165) is 42.0 Å². The number of imidazole rings is 1. The van der Waals surface area contributed by atoms with Gasteiger partial charge in [-0.25, -0.2) is 15.0 Å². The van der Waals surface area contributed by atoms with Gasteiger partial charge in [-0.3, -0.25) is 4.40 Å². The van der Waals surface area contributed by atoms with Crippen LogP contribution in [0.4, 0.5) is 11.6 Å². The van der Waals surface area contributed by atoms with Gasteiger partial charge in [-0.2, -0.15) is 0 Å². The molecule has 0 bridgehead atoms. The third kappa shape index (κ3) is 1.75. The van der Waals surface area contributed by atoms with Crippen molar-refractivity contribution >= 4 is 28.3 Å². The average Bonchev–Trinajstić information content (AvgIpc) is 3.10. The van der Waals surface area contributed by atoms with Crippen molar-refractivity contribution in [3.63, 3.8) is 0 Å². The van der Waals surface area contributed by atoms with Crippen LogP contribution in [0.15, 0.2) is 24.7 Å². The molecule has 1 fully saturated rings. The molecule has 102 valence electrons. The Morgan fingerprint density at radius 2 is 2.30 bits per heavy atom. The largest absolute Gasteiger partial charge is 0.382 e. The molecule has 7 nitrogen and oxygen atoms in total. The van der Waals surface area contributed by atoms with Gasteiger partial charge in [0.1, 0.15) is 29.0 Å². The van der Waals surface area contributed by atoms with Crippen molar-refractivity contribution in [2.45, 2.75) is 12.5 Å². The summed E-state index contributed by atoms with van der Waals surface area (Å²) in [6.07, 6.45) is 4.52. The molecule has 1 aliphatic rings. The van der Waals surface area contributed by atoms with Gasteiger partial charge in [0, 0.05) is 12.6 Å². The Balaban J connectivity index is 1.82. The van der Waals surface area contributed by atoms with E-state index in [0.29, 0.717) is 11.9 Å². The molecule has 4 rings (SSSR count).